The maximum atomic E-state index is 5.81. The average molecular weight is 393 g/mol. The van der Waals surface area contributed by atoms with Gasteiger partial charge in [-0.1, -0.05) is 72.8 Å². The third-order valence-corrected chi connectivity index (χ3v) is 4.86. The van der Waals surface area contributed by atoms with Gasteiger partial charge in [-0.05, 0) is 18.2 Å². The SMILES string of the molecule is CN(C)c1ccc(/C(=N\N)c2nc(-c3ccccc3)cc(-c3ccccc3)n2)cc1. The van der Waals surface area contributed by atoms with Crippen LogP contribution < -0.4 is 10.7 Å². The van der Waals surface area contributed by atoms with E-state index in [0.29, 0.717) is 11.5 Å². The molecule has 0 radical (unpaired) electrons. The number of nitrogens with zero attached hydrogens (tertiary/aromatic N) is 4. The monoisotopic (exact) mass is 393 g/mol. The largest absolute Gasteiger partial charge is 0.378 e. The molecular formula is C25H23N5. The zero-order chi connectivity index (χ0) is 20.9. The Morgan fingerprint density at radius 1 is 0.733 bits per heavy atom. The zero-order valence-electron chi connectivity index (χ0n) is 17.0. The van der Waals surface area contributed by atoms with Crippen LogP contribution in [-0.4, -0.2) is 29.8 Å². The Kier molecular flexibility index (Phi) is 5.52. The minimum Gasteiger partial charge on any atom is -0.378 e. The number of hydrogen-bond donors (Lipinski definition) is 1. The summed E-state index contributed by atoms with van der Waals surface area (Å²) in [5.74, 6) is 6.31. The molecule has 1 heterocycles. The molecule has 0 aliphatic carbocycles. The molecule has 2 N–H and O–H groups in total. The quantitative estimate of drug-likeness (QED) is 0.306. The van der Waals surface area contributed by atoms with Crippen LogP contribution in [0.15, 0.2) is 96.1 Å². The van der Waals surface area contributed by atoms with Crippen LogP contribution in [0.5, 0.6) is 0 Å². The second kappa shape index (κ2) is 8.57. The fraction of sp³-hybridized carbons (Fsp3) is 0.0800. The van der Waals surface area contributed by atoms with E-state index in [1.165, 1.54) is 0 Å². The number of hydrazone groups is 1. The van der Waals surface area contributed by atoms with Gasteiger partial charge in [0.25, 0.3) is 0 Å². The smallest absolute Gasteiger partial charge is 0.181 e. The van der Waals surface area contributed by atoms with Gasteiger partial charge in [0, 0.05) is 36.5 Å². The van der Waals surface area contributed by atoms with Crippen LogP contribution in [0, 0.1) is 0 Å². The highest BCUT2D eigenvalue weighted by molar-refractivity contribution is 6.11. The first-order valence-electron chi connectivity index (χ1n) is 9.71. The van der Waals surface area contributed by atoms with Gasteiger partial charge in [0.2, 0.25) is 0 Å². The lowest BCUT2D eigenvalue weighted by Gasteiger charge is -2.14. The van der Waals surface area contributed by atoms with Crippen molar-refractivity contribution in [3.63, 3.8) is 0 Å². The van der Waals surface area contributed by atoms with E-state index in [2.05, 4.69) is 5.10 Å². The Hall–Kier alpha value is -3.99. The fourth-order valence-corrected chi connectivity index (χ4v) is 3.25. The molecular weight excluding hydrogens is 370 g/mol. The average Bonchev–Trinajstić information content (AvgIpc) is 2.81. The molecule has 0 saturated carbocycles. The molecule has 0 fully saturated rings. The lowest BCUT2D eigenvalue weighted by Crippen LogP contribution is -2.13. The van der Waals surface area contributed by atoms with Crippen molar-refractivity contribution in [2.24, 2.45) is 10.9 Å². The van der Waals surface area contributed by atoms with Crippen molar-refractivity contribution >= 4 is 11.4 Å². The number of aromatic nitrogens is 2. The van der Waals surface area contributed by atoms with Gasteiger partial charge in [-0.3, -0.25) is 0 Å². The maximum absolute atomic E-state index is 5.81. The van der Waals surface area contributed by atoms with Crippen molar-refractivity contribution in [1.82, 2.24) is 9.97 Å². The summed E-state index contributed by atoms with van der Waals surface area (Å²) in [6.45, 7) is 0. The summed E-state index contributed by atoms with van der Waals surface area (Å²) in [6, 6.07) is 30.1. The van der Waals surface area contributed by atoms with Crippen LogP contribution in [0.1, 0.15) is 11.4 Å². The number of anilines is 1. The van der Waals surface area contributed by atoms with Crippen molar-refractivity contribution < 1.29 is 0 Å². The van der Waals surface area contributed by atoms with Gasteiger partial charge in [0.05, 0.1) is 11.4 Å². The van der Waals surface area contributed by atoms with E-state index >= 15 is 0 Å². The minimum absolute atomic E-state index is 0.496. The molecule has 0 atom stereocenters. The summed E-state index contributed by atoms with van der Waals surface area (Å²) in [7, 11) is 4.01. The van der Waals surface area contributed by atoms with Gasteiger partial charge in [0.15, 0.2) is 5.82 Å². The highest BCUT2D eigenvalue weighted by Gasteiger charge is 2.15. The molecule has 5 nitrogen and oxygen atoms in total. The van der Waals surface area contributed by atoms with Crippen LogP contribution in [0.3, 0.4) is 0 Å². The van der Waals surface area contributed by atoms with Crippen molar-refractivity contribution in [2.75, 3.05) is 19.0 Å². The minimum atomic E-state index is 0.496. The van der Waals surface area contributed by atoms with Gasteiger partial charge in [-0.25, -0.2) is 9.97 Å². The molecule has 0 bridgehead atoms. The van der Waals surface area contributed by atoms with E-state index in [4.69, 9.17) is 15.8 Å². The molecule has 3 aromatic carbocycles. The molecule has 4 aromatic rings. The van der Waals surface area contributed by atoms with Crippen molar-refractivity contribution in [2.45, 2.75) is 0 Å². The molecule has 148 valence electrons. The molecule has 5 heteroatoms. The third kappa shape index (κ3) is 4.05. The Morgan fingerprint density at radius 2 is 1.23 bits per heavy atom. The van der Waals surface area contributed by atoms with Crippen LogP contribution in [0.4, 0.5) is 5.69 Å². The van der Waals surface area contributed by atoms with E-state index in [-0.39, 0.29) is 0 Å². The van der Waals surface area contributed by atoms with Crippen molar-refractivity contribution in [3.8, 4) is 22.5 Å². The normalized spacial score (nSPS) is 11.3. The van der Waals surface area contributed by atoms with Crippen molar-refractivity contribution in [1.29, 1.82) is 0 Å². The topological polar surface area (TPSA) is 67.4 Å². The summed E-state index contributed by atoms with van der Waals surface area (Å²) in [6.07, 6.45) is 0. The Balaban J connectivity index is 1.85. The second-order valence-electron chi connectivity index (χ2n) is 7.11. The molecule has 0 aliphatic rings. The Bertz CT molecular complexity index is 1090. The van der Waals surface area contributed by atoms with E-state index in [1.54, 1.807) is 0 Å². The van der Waals surface area contributed by atoms with Gasteiger partial charge < -0.3 is 10.7 Å². The molecule has 30 heavy (non-hydrogen) atoms. The van der Waals surface area contributed by atoms with Crippen LogP contribution in [0.25, 0.3) is 22.5 Å². The molecule has 0 unspecified atom stereocenters. The first-order chi connectivity index (χ1) is 14.7. The van der Waals surface area contributed by atoms with Crippen LogP contribution >= 0.6 is 0 Å². The summed E-state index contributed by atoms with van der Waals surface area (Å²) < 4.78 is 0. The predicted octanol–water partition coefficient (Wildman–Crippen LogP) is 4.59. The number of nitrogens with two attached hydrogens (primary N) is 1. The number of benzene rings is 3. The molecule has 0 spiro atoms. The third-order valence-electron chi connectivity index (χ3n) is 4.86. The zero-order valence-corrected chi connectivity index (χ0v) is 17.0. The molecule has 4 rings (SSSR count). The maximum Gasteiger partial charge on any atom is 0.181 e. The van der Waals surface area contributed by atoms with Crippen molar-refractivity contribution in [3.05, 3.63) is 102 Å². The molecule has 0 aliphatic heterocycles. The van der Waals surface area contributed by atoms with Gasteiger partial charge in [-0.15, -0.1) is 0 Å². The lowest BCUT2D eigenvalue weighted by atomic mass is 10.1. The Labute approximate surface area is 176 Å². The molecule has 0 saturated heterocycles. The van der Waals surface area contributed by atoms with Gasteiger partial charge >= 0.3 is 0 Å². The molecule has 1 aromatic heterocycles. The van der Waals surface area contributed by atoms with Gasteiger partial charge in [0.1, 0.15) is 5.71 Å². The Morgan fingerprint density at radius 3 is 1.67 bits per heavy atom. The van der Waals surface area contributed by atoms with Crippen LogP contribution in [0.2, 0.25) is 0 Å². The molecule has 0 amide bonds. The predicted molar refractivity (Wildman–Crippen MR) is 123 cm³/mol. The summed E-state index contributed by atoms with van der Waals surface area (Å²) in [5, 5.41) is 4.05. The van der Waals surface area contributed by atoms with E-state index in [9.17, 15) is 0 Å². The highest BCUT2D eigenvalue weighted by Crippen LogP contribution is 2.25. The summed E-state index contributed by atoms with van der Waals surface area (Å²) in [4.78, 5) is 11.6. The fourth-order valence-electron chi connectivity index (χ4n) is 3.25. The first-order valence-corrected chi connectivity index (χ1v) is 9.71. The van der Waals surface area contributed by atoms with Crippen LogP contribution in [-0.2, 0) is 0 Å². The van der Waals surface area contributed by atoms with E-state index in [1.807, 2.05) is 110 Å². The highest BCUT2D eigenvalue weighted by atomic mass is 15.1. The van der Waals surface area contributed by atoms with E-state index in [0.717, 1.165) is 33.8 Å². The lowest BCUT2D eigenvalue weighted by molar-refractivity contribution is 1.11. The standard InChI is InChI=1S/C25H23N5/c1-30(2)21-15-13-20(14-16-21)24(29-26)25-27-22(18-9-5-3-6-10-18)17-23(28-25)19-11-7-4-8-12-19/h3-17H,26H2,1-2H3/b29-24+. The summed E-state index contributed by atoms with van der Waals surface area (Å²) in [5.41, 5.74) is 6.19. The van der Waals surface area contributed by atoms with E-state index < -0.39 is 0 Å². The first kappa shape index (κ1) is 19.3. The number of hydrogen-bond acceptors (Lipinski definition) is 5. The summed E-state index contributed by atoms with van der Waals surface area (Å²) >= 11 is 0. The second-order valence-corrected chi connectivity index (χ2v) is 7.11. The van der Waals surface area contributed by atoms with Gasteiger partial charge in [-0.2, -0.15) is 5.10 Å². The number of rotatable bonds is 5.